The molecule has 1 aliphatic rings. The zero-order valence-electron chi connectivity index (χ0n) is 12.4. The maximum atomic E-state index is 12.0. The number of carbonyl (C=O) groups is 1. The molecule has 0 N–H and O–H groups in total. The lowest BCUT2D eigenvalue weighted by Gasteiger charge is -2.25. The molecule has 0 spiro atoms. The summed E-state index contributed by atoms with van der Waals surface area (Å²) < 4.78 is 15.8. The molecule has 0 saturated carbocycles. The molecular weight excluding hydrogens is 282 g/mol. The van der Waals surface area contributed by atoms with E-state index in [1.807, 2.05) is 30.3 Å². The highest BCUT2D eigenvalue weighted by Crippen LogP contribution is 2.18. The number of rotatable bonds is 8. The highest BCUT2D eigenvalue weighted by atomic mass is 16.5. The van der Waals surface area contributed by atoms with E-state index in [1.165, 1.54) is 0 Å². The highest BCUT2D eigenvalue weighted by Gasteiger charge is 2.21. The Labute approximate surface area is 129 Å². The summed E-state index contributed by atoms with van der Waals surface area (Å²) in [5, 5.41) is 3.83. The Kier molecular flexibility index (Phi) is 4.98. The number of ketones is 1. The van der Waals surface area contributed by atoms with Crippen molar-refractivity contribution in [2.75, 3.05) is 13.2 Å². The molecule has 0 amide bonds. The summed E-state index contributed by atoms with van der Waals surface area (Å²) in [6.45, 7) is 2.35. The van der Waals surface area contributed by atoms with Gasteiger partial charge in [-0.1, -0.05) is 35.5 Å². The first kappa shape index (κ1) is 14.9. The van der Waals surface area contributed by atoms with E-state index in [4.69, 9.17) is 14.0 Å². The van der Waals surface area contributed by atoms with Gasteiger partial charge >= 0.3 is 0 Å². The van der Waals surface area contributed by atoms with Crippen LogP contribution in [-0.4, -0.2) is 24.2 Å². The van der Waals surface area contributed by atoms with Crippen LogP contribution in [0.15, 0.2) is 40.9 Å². The molecule has 5 heteroatoms. The molecule has 1 aliphatic heterocycles. The molecule has 0 atom stereocenters. The number of benzene rings is 1. The third-order valence-corrected chi connectivity index (χ3v) is 3.69. The first-order valence-electron chi connectivity index (χ1n) is 7.49. The molecule has 0 radical (unpaired) electrons. The molecule has 2 heterocycles. The molecule has 1 fully saturated rings. The summed E-state index contributed by atoms with van der Waals surface area (Å²) in [5.74, 6) is 1.11. The third kappa shape index (κ3) is 4.02. The summed E-state index contributed by atoms with van der Waals surface area (Å²) in [7, 11) is 0. The van der Waals surface area contributed by atoms with Gasteiger partial charge in [-0.3, -0.25) is 4.79 Å². The largest absolute Gasteiger partial charge is 0.381 e. The van der Waals surface area contributed by atoms with Crippen LogP contribution in [-0.2, 0) is 22.7 Å². The predicted molar refractivity (Wildman–Crippen MR) is 79.3 cm³/mol. The fourth-order valence-corrected chi connectivity index (χ4v) is 2.27. The van der Waals surface area contributed by atoms with Crippen molar-refractivity contribution in [3.63, 3.8) is 0 Å². The highest BCUT2D eigenvalue weighted by molar-refractivity contribution is 5.94. The third-order valence-electron chi connectivity index (χ3n) is 3.69. The van der Waals surface area contributed by atoms with E-state index in [0.29, 0.717) is 37.0 Å². The molecule has 1 saturated heterocycles. The van der Waals surface area contributed by atoms with E-state index < -0.39 is 0 Å². The zero-order valence-corrected chi connectivity index (χ0v) is 12.4. The van der Waals surface area contributed by atoms with Crippen molar-refractivity contribution in [3.05, 3.63) is 53.4 Å². The van der Waals surface area contributed by atoms with E-state index in [-0.39, 0.29) is 5.78 Å². The minimum absolute atomic E-state index is 0.0185. The summed E-state index contributed by atoms with van der Waals surface area (Å²) in [6, 6.07) is 11.6. The van der Waals surface area contributed by atoms with E-state index in [2.05, 4.69) is 5.16 Å². The van der Waals surface area contributed by atoms with Gasteiger partial charge < -0.3 is 14.0 Å². The van der Waals surface area contributed by atoms with E-state index in [0.717, 1.165) is 25.2 Å². The number of hydrogen-bond donors (Lipinski definition) is 0. The Balaban J connectivity index is 1.43. The molecule has 3 rings (SSSR count). The van der Waals surface area contributed by atoms with Crippen molar-refractivity contribution in [2.24, 2.45) is 5.92 Å². The molecule has 22 heavy (non-hydrogen) atoms. The van der Waals surface area contributed by atoms with Gasteiger partial charge in [-0.2, -0.15) is 0 Å². The Morgan fingerprint density at radius 2 is 2.05 bits per heavy atom. The molecule has 1 aromatic heterocycles. The number of Topliss-reactive ketones (excluding diaryl/α,β-unsaturated/α-hetero) is 1. The summed E-state index contributed by atoms with van der Waals surface area (Å²) in [6.07, 6.45) is 1.34. The first-order chi connectivity index (χ1) is 10.8. The van der Waals surface area contributed by atoms with Gasteiger partial charge in [0, 0.05) is 18.4 Å². The topological polar surface area (TPSA) is 61.6 Å². The van der Waals surface area contributed by atoms with Crippen LogP contribution in [0.1, 0.15) is 34.7 Å². The van der Waals surface area contributed by atoms with Crippen LogP contribution < -0.4 is 0 Å². The monoisotopic (exact) mass is 301 g/mol. The average Bonchev–Trinajstić information content (AvgIpc) is 2.95. The van der Waals surface area contributed by atoms with Gasteiger partial charge in [-0.25, -0.2) is 0 Å². The van der Waals surface area contributed by atoms with Crippen molar-refractivity contribution < 1.29 is 18.8 Å². The summed E-state index contributed by atoms with van der Waals surface area (Å²) >= 11 is 0. The minimum Gasteiger partial charge on any atom is -0.381 e. The van der Waals surface area contributed by atoms with E-state index >= 15 is 0 Å². The predicted octanol–water partition coefficient (Wildman–Crippen LogP) is 3.00. The van der Waals surface area contributed by atoms with E-state index in [9.17, 15) is 4.79 Å². The van der Waals surface area contributed by atoms with Gasteiger partial charge in [-0.15, -0.1) is 0 Å². The fourth-order valence-electron chi connectivity index (χ4n) is 2.27. The second-order valence-electron chi connectivity index (χ2n) is 5.52. The van der Waals surface area contributed by atoms with Gasteiger partial charge in [-0.05, 0) is 12.0 Å². The van der Waals surface area contributed by atoms with Crippen LogP contribution in [0.4, 0.5) is 0 Å². The molecule has 116 valence electrons. The van der Waals surface area contributed by atoms with Crippen LogP contribution in [0.25, 0.3) is 0 Å². The van der Waals surface area contributed by atoms with Crippen molar-refractivity contribution in [3.8, 4) is 0 Å². The molecule has 0 bridgehead atoms. The Hall–Kier alpha value is -1.98. The lowest BCUT2D eigenvalue weighted by Crippen LogP contribution is -2.27. The van der Waals surface area contributed by atoms with Crippen LogP contribution in [0.3, 0.4) is 0 Å². The maximum absolute atomic E-state index is 12.0. The van der Waals surface area contributed by atoms with Crippen LogP contribution in [0.2, 0.25) is 0 Å². The summed E-state index contributed by atoms with van der Waals surface area (Å²) in [5.41, 5.74) is 1.49. The second kappa shape index (κ2) is 7.33. The quantitative estimate of drug-likeness (QED) is 0.701. The number of hydrogen-bond acceptors (Lipinski definition) is 5. The normalized spacial score (nSPS) is 14.7. The molecule has 0 unspecified atom stereocenters. The van der Waals surface area contributed by atoms with Crippen molar-refractivity contribution in [1.29, 1.82) is 0 Å². The van der Waals surface area contributed by atoms with Gasteiger partial charge in [0.15, 0.2) is 11.5 Å². The van der Waals surface area contributed by atoms with Gasteiger partial charge in [0.25, 0.3) is 0 Å². The molecule has 1 aromatic carbocycles. The standard InChI is InChI=1S/C17H19NO4/c19-17(7-6-14-10-20-11-14)16-8-15(22-18-16)12-21-9-13-4-2-1-3-5-13/h1-5,8,14H,6-7,9-12H2. The SMILES string of the molecule is O=C(CCC1COC1)c1cc(COCc2ccccc2)on1. The number of nitrogens with zero attached hydrogens (tertiary/aromatic N) is 1. The van der Waals surface area contributed by atoms with Crippen LogP contribution >= 0.6 is 0 Å². The number of ether oxygens (including phenoxy) is 2. The smallest absolute Gasteiger partial charge is 0.184 e. The second-order valence-corrected chi connectivity index (χ2v) is 5.52. The van der Waals surface area contributed by atoms with Gasteiger partial charge in [0.05, 0.1) is 19.8 Å². The molecular formula is C17H19NO4. The van der Waals surface area contributed by atoms with Crippen LogP contribution in [0, 0.1) is 5.92 Å². The first-order valence-corrected chi connectivity index (χ1v) is 7.49. The Bertz CT molecular complexity index is 604. The van der Waals surface area contributed by atoms with E-state index in [1.54, 1.807) is 6.07 Å². The maximum Gasteiger partial charge on any atom is 0.184 e. The zero-order chi connectivity index (χ0) is 15.2. The number of carbonyl (C=O) groups excluding carboxylic acids is 1. The fraction of sp³-hybridized carbons (Fsp3) is 0.412. The summed E-state index contributed by atoms with van der Waals surface area (Å²) in [4.78, 5) is 12.0. The van der Waals surface area contributed by atoms with Crippen molar-refractivity contribution in [2.45, 2.75) is 26.1 Å². The Morgan fingerprint density at radius 3 is 2.77 bits per heavy atom. The lowest BCUT2D eigenvalue weighted by atomic mass is 9.99. The Morgan fingerprint density at radius 1 is 1.23 bits per heavy atom. The van der Waals surface area contributed by atoms with Crippen molar-refractivity contribution >= 4 is 5.78 Å². The molecule has 5 nitrogen and oxygen atoms in total. The van der Waals surface area contributed by atoms with Gasteiger partial charge in [0.2, 0.25) is 0 Å². The molecule has 0 aliphatic carbocycles. The minimum atomic E-state index is 0.0185. The lowest BCUT2D eigenvalue weighted by molar-refractivity contribution is -0.0354. The number of aromatic nitrogens is 1. The van der Waals surface area contributed by atoms with Crippen molar-refractivity contribution in [1.82, 2.24) is 5.16 Å². The molecule has 2 aromatic rings. The van der Waals surface area contributed by atoms with Crippen LogP contribution in [0.5, 0.6) is 0 Å². The average molecular weight is 301 g/mol. The van der Waals surface area contributed by atoms with Gasteiger partial charge in [0.1, 0.15) is 12.3 Å².